The second-order valence-corrected chi connectivity index (χ2v) is 3.73. The highest BCUT2D eigenvalue weighted by molar-refractivity contribution is 5.77. The van der Waals surface area contributed by atoms with Gasteiger partial charge in [0.1, 0.15) is 6.61 Å². The van der Waals surface area contributed by atoms with Crippen LogP contribution in [0.1, 0.15) is 6.42 Å². The van der Waals surface area contributed by atoms with Crippen molar-refractivity contribution in [1.82, 2.24) is 4.90 Å². The molecule has 0 bridgehead atoms. The fourth-order valence-electron chi connectivity index (χ4n) is 1.09. The zero-order valence-electron chi connectivity index (χ0n) is 10.0. The quantitative estimate of drug-likeness (QED) is 0.752. The Kier molecular flexibility index (Phi) is 6.57. The molecule has 0 fully saturated rings. The summed E-state index contributed by atoms with van der Waals surface area (Å²) in [6, 6.07) is 0. The number of nitrogens with two attached hydrogens (primary N) is 1. The maximum atomic E-state index is 12.1. The maximum Gasteiger partial charge on any atom is 0.423 e. The Morgan fingerprint density at radius 2 is 1.68 bits per heavy atom. The Labute approximate surface area is 105 Å². The van der Waals surface area contributed by atoms with Crippen LogP contribution in [0, 0.1) is 0 Å². The molecule has 0 aromatic carbocycles. The third-order valence-corrected chi connectivity index (χ3v) is 2.09. The van der Waals surface area contributed by atoms with Gasteiger partial charge < -0.3 is 15.4 Å². The average molecular weight is 296 g/mol. The van der Waals surface area contributed by atoms with Gasteiger partial charge in [-0.1, -0.05) is 0 Å². The number of hydrogen-bond donors (Lipinski definition) is 1. The summed E-state index contributed by atoms with van der Waals surface area (Å²) in [4.78, 5) is 12.2. The first kappa shape index (κ1) is 18.0. The standard InChI is InChI=1S/C9H14F6N2O2/c1-17(4-2-3-16)6(18)5-19-7(8(10,11)12)9(13,14)15/h7H,2-5,16H2,1H3. The molecule has 0 saturated heterocycles. The normalized spacial score (nSPS) is 12.9. The molecule has 2 N–H and O–H groups in total. The third-order valence-electron chi connectivity index (χ3n) is 2.09. The van der Waals surface area contributed by atoms with Crippen LogP contribution in [-0.4, -0.2) is 56.0 Å². The number of carbonyl (C=O) groups excluding carboxylic acids is 1. The lowest BCUT2D eigenvalue weighted by Crippen LogP contribution is -2.46. The van der Waals surface area contributed by atoms with E-state index in [1.54, 1.807) is 0 Å². The largest absolute Gasteiger partial charge is 0.423 e. The minimum absolute atomic E-state index is 0.126. The SMILES string of the molecule is CN(CCCN)C(=O)COC(C(F)(F)F)C(F)(F)F. The molecule has 0 spiro atoms. The number of carbonyl (C=O) groups is 1. The van der Waals surface area contributed by atoms with Gasteiger partial charge in [0.05, 0.1) is 0 Å². The van der Waals surface area contributed by atoms with Crippen LogP contribution in [0.15, 0.2) is 0 Å². The molecule has 19 heavy (non-hydrogen) atoms. The van der Waals surface area contributed by atoms with Crippen LogP contribution >= 0.6 is 0 Å². The van der Waals surface area contributed by atoms with E-state index in [2.05, 4.69) is 4.74 Å². The van der Waals surface area contributed by atoms with E-state index in [0.717, 1.165) is 4.90 Å². The van der Waals surface area contributed by atoms with Crippen LogP contribution in [-0.2, 0) is 9.53 Å². The summed E-state index contributed by atoms with van der Waals surface area (Å²) in [6.07, 6.45) is -14.8. The fraction of sp³-hybridized carbons (Fsp3) is 0.889. The fourth-order valence-corrected chi connectivity index (χ4v) is 1.09. The van der Waals surface area contributed by atoms with Gasteiger partial charge in [-0.05, 0) is 13.0 Å². The summed E-state index contributed by atoms with van der Waals surface area (Å²) >= 11 is 0. The van der Waals surface area contributed by atoms with Crippen molar-refractivity contribution in [2.75, 3.05) is 26.7 Å². The van der Waals surface area contributed by atoms with Crippen LogP contribution < -0.4 is 5.73 Å². The highest BCUT2D eigenvalue weighted by Gasteiger charge is 2.58. The van der Waals surface area contributed by atoms with Crippen molar-refractivity contribution in [2.24, 2.45) is 5.73 Å². The molecule has 4 nitrogen and oxygen atoms in total. The van der Waals surface area contributed by atoms with Gasteiger partial charge in [-0.15, -0.1) is 0 Å². The van der Waals surface area contributed by atoms with E-state index in [0.29, 0.717) is 6.42 Å². The number of amides is 1. The van der Waals surface area contributed by atoms with E-state index in [-0.39, 0.29) is 13.1 Å². The van der Waals surface area contributed by atoms with Crippen LogP contribution in [0.3, 0.4) is 0 Å². The molecule has 0 atom stereocenters. The molecule has 0 aliphatic carbocycles. The highest BCUT2D eigenvalue weighted by Crippen LogP contribution is 2.35. The lowest BCUT2D eigenvalue weighted by Gasteiger charge is -2.24. The highest BCUT2D eigenvalue weighted by atomic mass is 19.4. The number of hydrogen-bond acceptors (Lipinski definition) is 3. The number of ether oxygens (including phenoxy) is 1. The molecule has 0 saturated carbocycles. The number of likely N-dealkylation sites (N-methyl/N-ethyl adjacent to an activating group) is 1. The van der Waals surface area contributed by atoms with Crippen molar-refractivity contribution < 1.29 is 35.9 Å². The lowest BCUT2D eigenvalue weighted by atomic mass is 10.3. The summed E-state index contributed by atoms with van der Waals surface area (Å²) in [5, 5.41) is 0. The Hall–Kier alpha value is -1.03. The molecule has 10 heteroatoms. The Morgan fingerprint density at radius 3 is 2.05 bits per heavy atom. The van der Waals surface area contributed by atoms with Crippen molar-refractivity contribution in [3.8, 4) is 0 Å². The van der Waals surface area contributed by atoms with Crippen molar-refractivity contribution >= 4 is 5.91 Å². The number of nitrogens with zero attached hydrogens (tertiary/aromatic N) is 1. The molecule has 0 heterocycles. The minimum atomic E-state index is -5.62. The average Bonchev–Trinajstić information content (AvgIpc) is 2.21. The zero-order chi connectivity index (χ0) is 15.3. The summed E-state index contributed by atoms with van der Waals surface area (Å²) in [6.45, 7) is -0.932. The van der Waals surface area contributed by atoms with E-state index in [4.69, 9.17) is 5.73 Å². The molecule has 0 aliphatic rings. The molecule has 0 rings (SSSR count). The second kappa shape index (κ2) is 6.94. The second-order valence-electron chi connectivity index (χ2n) is 3.73. The Bertz CT molecular complexity index is 277. The number of rotatable bonds is 6. The van der Waals surface area contributed by atoms with Crippen LogP contribution in [0.4, 0.5) is 26.3 Å². The summed E-state index contributed by atoms with van der Waals surface area (Å²) in [7, 11) is 1.23. The first-order valence-corrected chi connectivity index (χ1v) is 5.19. The number of alkyl halides is 6. The van der Waals surface area contributed by atoms with Crippen molar-refractivity contribution in [3.05, 3.63) is 0 Å². The molecule has 0 aromatic heterocycles. The first-order valence-electron chi connectivity index (χ1n) is 5.19. The predicted molar refractivity (Wildman–Crippen MR) is 53.2 cm³/mol. The smallest absolute Gasteiger partial charge is 0.351 e. The maximum absolute atomic E-state index is 12.1. The van der Waals surface area contributed by atoms with Crippen LogP contribution in [0.5, 0.6) is 0 Å². The Balaban J connectivity index is 4.46. The summed E-state index contributed by atoms with van der Waals surface area (Å²) < 4.78 is 76.2. The van der Waals surface area contributed by atoms with Gasteiger partial charge in [0.2, 0.25) is 12.0 Å². The van der Waals surface area contributed by atoms with E-state index < -0.39 is 31.0 Å². The Morgan fingerprint density at radius 1 is 1.21 bits per heavy atom. The molecular formula is C9H14F6N2O2. The topological polar surface area (TPSA) is 55.6 Å². The van der Waals surface area contributed by atoms with Gasteiger partial charge in [0, 0.05) is 13.6 Å². The molecule has 0 unspecified atom stereocenters. The molecular weight excluding hydrogens is 282 g/mol. The lowest BCUT2D eigenvalue weighted by molar-refractivity contribution is -0.320. The first-order chi connectivity index (χ1) is 8.50. The van der Waals surface area contributed by atoms with Crippen LogP contribution in [0.2, 0.25) is 0 Å². The van der Waals surface area contributed by atoms with Gasteiger partial charge >= 0.3 is 12.4 Å². The van der Waals surface area contributed by atoms with Gasteiger partial charge in [0.15, 0.2) is 0 Å². The van der Waals surface area contributed by atoms with E-state index in [1.165, 1.54) is 7.05 Å². The molecule has 0 aliphatic heterocycles. The molecule has 114 valence electrons. The van der Waals surface area contributed by atoms with E-state index in [9.17, 15) is 31.1 Å². The molecule has 1 amide bonds. The van der Waals surface area contributed by atoms with Crippen molar-refractivity contribution in [2.45, 2.75) is 24.9 Å². The number of halogens is 6. The van der Waals surface area contributed by atoms with Crippen LogP contribution in [0.25, 0.3) is 0 Å². The summed E-state index contributed by atoms with van der Waals surface area (Å²) in [5.74, 6) is -0.980. The monoisotopic (exact) mass is 296 g/mol. The van der Waals surface area contributed by atoms with Crippen molar-refractivity contribution in [3.63, 3.8) is 0 Å². The molecule has 0 radical (unpaired) electrons. The van der Waals surface area contributed by atoms with Crippen molar-refractivity contribution in [1.29, 1.82) is 0 Å². The van der Waals surface area contributed by atoms with Gasteiger partial charge in [-0.25, -0.2) is 0 Å². The molecule has 0 aromatic rings. The third kappa shape index (κ3) is 6.62. The van der Waals surface area contributed by atoms with E-state index in [1.807, 2.05) is 0 Å². The van der Waals surface area contributed by atoms with E-state index >= 15 is 0 Å². The van der Waals surface area contributed by atoms with Gasteiger partial charge in [-0.2, -0.15) is 26.3 Å². The van der Waals surface area contributed by atoms with Gasteiger partial charge in [-0.3, -0.25) is 4.79 Å². The zero-order valence-corrected chi connectivity index (χ0v) is 10.0. The summed E-state index contributed by atoms with van der Waals surface area (Å²) in [5.41, 5.74) is 5.15. The predicted octanol–water partition coefficient (Wildman–Crippen LogP) is 1.30. The van der Waals surface area contributed by atoms with Gasteiger partial charge in [0.25, 0.3) is 0 Å². The minimum Gasteiger partial charge on any atom is -0.351 e.